The van der Waals surface area contributed by atoms with E-state index in [1.54, 1.807) is 56.2 Å². The van der Waals surface area contributed by atoms with Crippen molar-refractivity contribution in [3.05, 3.63) is 48.0 Å². The molecule has 2 amide bonds. The zero-order valence-corrected chi connectivity index (χ0v) is 21.5. The van der Waals surface area contributed by atoms with Crippen LogP contribution in [-0.2, 0) is 0 Å². The first-order valence-corrected chi connectivity index (χ1v) is 12.7. The van der Waals surface area contributed by atoms with Gasteiger partial charge in [-0.15, -0.1) is 11.8 Å². The summed E-state index contributed by atoms with van der Waals surface area (Å²) in [6.45, 7) is 3.29. The molecular weight excluding hydrogens is 464 g/mol. The fraction of sp³-hybridized carbons (Fsp3) is 0.423. The number of methoxy groups -OCH3 is 3. The lowest BCUT2D eigenvalue weighted by molar-refractivity contribution is 0.175. The molecule has 2 aromatic rings. The van der Waals surface area contributed by atoms with Gasteiger partial charge in [0.15, 0.2) is 5.66 Å². The van der Waals surface area contributed by atoms with Crippen LogP contribution in [0.15, 0.2) is 52.4 Å². The quantitative estimate of drug-likeness (QED) is 0.578. The summed E-state index contributed by atoms with van der Waals surface area (Å²) in [5, 5.41) is 3.94. The standard InChI is InChI=1S/C26H32N4O4S/c1-5-16-35-24-23(18-6-8-19(32-2)9-7-18)28-26(29-24)12-14-30(15-13-26)25(31)27-21-17-20(33-3)10-11-22(21)34-4/h6-11,17H,5,12-16H2,1-4H3,(H,27,31). The molecular formula is C26H32N4O4S. The van der Waals surface area contributed by atoms with Crippen molar-refractivity contribution in [2.24, 2.45) is 9.98 Å². The largest absolute Gasteiger partial charge is 0.497 e. The zero-order chi connectivity index (χ0) is 24.8. The molecule has 1 N–H and O–H groups in total. The number of anilines is 1. The number of rotatable bonds is 7. The number of likely N-dealkylation sites (tertiary alicyclic amines) is 1. The summed E-state index contributed by atoms with van der Waals surface area (Å²) in [5.41, 5.74) is 2.03. The maximum absolute atomic E-state index is 13.0. The maximum Gasteiger partial charge on any atom is 0.321 e. The van der Waals surface area contributed by atoms with Crippen LogP contribution in [0.1, 0.15) is 31.7 Å². The Morgan fingerprint density at radius 1 is 1.00 bits per heavy atom. The number of thioether (sulfide) groups is 1. The molecule has 1 spiro atoms. The lowest BCUT2D eigenvalue weighted by Crippen LogP contribution is -2.46. The molecule has 2 aromatic carbocycles. The van der Waals surface area contributed by atoms with Crippen molar-refractivity contribution in [2.45, 2.75) is 31.8 Å². The molecule has 35 heavy (non-hydrogen) atoms. The van der Waals surface area contributed by atoms with Gasteiger partial charge in [-0.2, -0.15) is 0 Å². The second-order valence-corrected chi connectivity index (χ2v) is 9.50. The van der Waals surface area contributed by atoms with Crippen LogP contribution in [0, 0.1) is 0 Å². The van der Waals surface area contributed by atoms with Gasteiger partial charge >= 0.3 is 6.03 Å². The molecule has 0 saturated carbocycles. The van der Waals surface area contributed by atoms with Crippen molar-refractivity contribution in [3.63, 3.8) is 0 Å². The lowest BCUT2D eigenvalue weighted by atomic mass is 9.98. The maximum atomic E-state index is 13.0. The Kier molecular flexibility index (Phi) is 7.85. The molecule has 0 radical (unpaired) electrons. The van der Waals surface area contributed by atoms with Crippen LogP contribution < -0.4 is 19.5 Å². The minimum absolute atomic E-state index is 0.173. The Hall–Kier alpha value is -3.20. The third-order valence-corrected chi connectivity index (χ3v) is 7.31. The van der Waals surface area contributed by atoms with Crippen molar-refractivity contribution in [1.29, 1.82) is 0 Å². The van der Waals surface area contributed by atoms with Gasteiger partial charge in [0, 0.05) is 37.6 Å². The molecule has 2 heterocycles. The van der Waals surface area contributed by atoms with Crippen molar-refractivity contribution >= 4 is 34.2 Å². The van der Waals surface area contributed by atoms with Crippen molar-refractivity contribution in [1.82, 2.24) is 4.90 Å². The SMILES string of the molecule is CCCSC1=NC2(CCN(C(=O)Nc3cc(OC)ccc3OC)CC2)N=C1c1ccc(OC)cc1. The van der Waals surface area contributed by atoms with Gasteiger partial charge in [-0.25, -0.2) is 9.79 Å². The minimum atomic E-state index is -0.518. The van der Waals surface area contributed by atoms with E-state index in [1.807, 2.05) is 24.3 Å². The topological polar surface area (TPSA) is 84.8 Å². The van der Waals surface area contributed by atoms with Crippen LogP contribution in [0.2, 0.25) is 0 Å². The zero-order valence-electron chi connectivity index (χ0n) is 20.7. The molecule has 4 rings (SSSR count). The van der Waals surface area contributed by atoms with Crippen molar-refractivity contribution in [2.75, 3.05) is 45.5 Å². The minimum Gasteiger partial charge on any atom is -0.497 e. The number of hydrogen-bond acceptors (Lipinski definition) is 7. The summed E-state index contributed by atoms with van der Waals surface area (Å²) >= 11 is 1.75. The molecule has 0 aliphatic carbocycles. The van der Waals surface area contributed by atoms with Gasteiger partial charge in [0.25, 0.3) is 0 Å². The van der Waals surface area contributed by atoms with E-state index in [-0.39, 0.29) is 6.03 Å². The fourth-order valence-corrected chi connectivity index (χ4v) is 5.09. The van der Waals surface area contributed by atoms with Crippen LogP contribution in [0.25, 0.3) is 0 Å². The predicted molar refractivity (Wildman–Crippen MR) is 142 cm³/mol. The predicted octanol–water partition coefficient (Wildman–Crippen LogP) is 5.08. The van der Waals surface area contributed by atoms with E-state index >= 15 is 0 Å². The lowest BCUT2D eigenvalue weighted by Gasteiger charge is -2.35. The van der Waals surface area contributed by atoms with Gasteiger partial charge in [0.2, 0.25) is 0 Å². The number of hydrogen-bond donors (Lipinski definition) is 1. The molecule has 186 valence electrons. The number of ether oxygens (including phenoxy) is 3. The van der Waals surface area contributed by atoms with E-state index in [0.717, 1.165) is 34.2 Å². The Balaban J connectivity index is 1.48. The number of urea groups is 1. The summed E-state index contributed by atoms with van der Waals surface area (Å²) < 4.78 is 16.0. The van der Waals surface area contributed by atoms with Crippen LogP contribution in [0.5, 0.6) is 17.2 Å². The van der Waals surface area contributed by atoms with Crippen LogP contribution in [0.4, 0.5) is 10.5 Å². The van der Waals surface area contributed by atoms with Gasteiger partial charge in [0.05, 0.1) is 32.7 Å². The normalized spacial score (nSPS) is 16.5. The van der Waals surface area contributed by atoms with Gasteiger partial charge in [-0.3, -0.25) is 4.99 Å². The number of nitrogens with zero attached hydrogens (tertiary/aromatic N) is 3. The van der Waals surface area contributed by atoms with E-state index in [2.05, 4.69) is 12.2 Å². The summed E-state index contributed by atoms with van der Waals surface area (Å²) in [6.07, 6.45) is 2.41. The third kappa shape index (κ3) is 5.56. The highest BCUT2D eigenvalue weighted by molar-refractivity contribution is 8.15. The van der Waals surface area contributed by atoms with E-state index in [1.165, 1.54) is 0 Å². The average Bonchev–Trinajstić information content (AvgIpc) is 3.25. The first-order valence-electron chi connectivity index (χ1n) is 11.8. The van der Waals surface area contributed by atoms with Crippen LogP contribution in [-0.4, -0.2) is 67.5 Å². The Morgan fingerprint density at radius 2 is 1.69 bits per heavy atom. The third-order valence-electron chi connectivity index (χ3n) is 6.14. The fourth-order valence-electron chi connectivity index (χ4n) is 4.16. The molecule has 0 unspecified atom stereocenters. The molecule has 0 aromatic heterocycles. The Bertz CT molecular complexity index is 1110. The highest BCUT2D eigenvalue weighted by Crippen LogP contribution is 2.36. The Morgan fingerprint density at radius 3 is 2.31 bits per heavy atom. The highest BCUT2D eigenvalue weighted by atomic mass is 32.2. The number of aliphatic imine (C=N–C) groups is 2. The number of carbonyl (C=O) groups excluding carboxylic acids is 1. The molecule has 1 saturated heterocycles. The summed E-state index contributed by atoms with van der Waals surface area (Å²) in [4.78, 5) is 25.0. The van der Waals surface area contributed by atoms with Crippen LogP contribution in [0.3, 0.4) is 0 Å². The first-order chi connectivity index (χ1) is 17.0. The second-order valence-electron chi connectivity index (χ2n) is 8.42. The summed E-state index contributed by atoms with van der Waals surface area (Å²) in [5.74, 6) is 3.03. The number of piperidine rings is 1. The summed E-state index contributed by atoms with van der Waals surface area (Å²) in [7, 11) is 4.83. The van der Waals surface area contributed by atoms with Gasteiger partial charge in [-0.1, -0.05) is 6.92 Å². The van der Waals surface area contributed by atoms with Crippen molar-refractivity contribution in [3.8, 4) is 17.2 Å². The molecule has 2 aliphatic heterocycles. The number of carbonyl (C=O) groups is 1. The first kappa shape index (κ1) is 24.9. The van der Waals surface area contributed by atoms with Gasteiger partial charge in [-0.05, 0) is 48.6 Å². The Labute approximate surface area is 210 Å². The van der Waals surface area contributed by atoms with Gasteiger partial charge in [0.1, 0.15) is 22.3 Å². The molecule has 0 atom stereocenters. The monoisotopic (exact) mass is 496 g/mol. The smallest absolute Gasteiger partial charge is 0.321 e. The van der Waals surface area contributed by atoms with E-state index in [4.69, 9.17) is 24.2 Å². The van der Waals surface area contributed by atoms with Crippen molar-refractivity contribution < 1.29 is 19.0 Å². The van der Waals surface area contributed by atoms with E-state index in [0.29, 0.717) is 43.1 Å². The van der Waals surface area contributed by atoms with E-state index in [9.17, 15) is 4.79 Å². The molecule has 2 aliphatic rings. The summed E-state index contributed by atoms with van der Waals surface area (Å²) in [6, 6.07) is 13.1. The highest BCUT2D eigenvalue weighted by Gasteiger charge is 2.40. The average molecular weight is 497 g/mol. The van der Waals surface area contributed by atoms with Gasteiger partial charge < -0.3 is 24.4 Å². The van der Waals surface area contributed by atoms with E-state index < -0.39 is 5.66 Å². The molecule has 8 nitrogen and oxygen atoms in total. The molecule has 1 fully saturated rings. The molecule has 0 bridgehead atoms. The van der Waals surface area contributed by atoms with Crippen LogP contribution >= 0.6 is 11.8 Å². The molecule has 9 heteroatoms. The number of benzene rings is 2. The second kappa shape index (κ2) is 11.0. The number of nitrogens with one attached hydrogen (secondary N) is 1. The number of amides is 2.